The quantitative estimate of drug-likeness (QED) is 0.786. The summed E-state index contributed by atoms with van der Waals surface area (Å²) in [5.74, 6) is 0.153. The summed E-state index contributed by atoms with van der Waals surface area (Å²) >= 11 is 6.08. The molecule has 0 saturated heterocycles. The van der Waals surface area contributed by atoms with E-state index in [0.717, 1.165) is 16.8 Å². The topological polar surface area (TPSA) is 29.5 Å². The van der Waals surface area contributed by atoms with E-state index in [9.17, 15) is 4.79 Å². The van der Waals surface area contributed by atoms with Crippen molar-refractivity contribution in [1.82, 2.24) is 0 Å². The van der Waals surface area contributed by atoms with Crippen molar-refractivity contribution < 1.29 is 9.53 Å². The van der Waals surface area contributed by atoms with Crippen LogP contribution in [0.1, 0.15) is 17.0 Å². The molecule has 1 atom stereocenters. The normalized spacial score (nSPS) is 17.5. The lowest BCUT2D eigenvalue weighted by Crippen LogP contribution is -2.20. The highest BCUT2D eigenvalue weighted by atomic mass is 35.5. The number of hydrogen-bond donors (Lipinski definition) is 0. The predicted molar refractivity (Wildman–Crippen MR) is 74.6 cm³/mol. The van der Waals surface area contributed by atoms with Gasteiger partial charge in [0.2, 0.25) is 0 Å². The van der Waals surface area contributed by atoms with Gasteiger partial charge < -0.3 is 4.74 Å². The van der Waals surface area contributed by atoms with Crippen molar-refractivity contribution in [3.05, 3.63) is 59.7 Å². The molecule has 1 aliphatic heterocycles. The molecule has 0 saturated carbocycles. The number of para-hydroxylation sites is 2. The first-order valence-electron chi connectivity index (χ1n) is 5.95. The number of amides is 1. The van der Waals surface area contributed by atoms with Crippen LogP contribution in [-0.2, 0) is 4.79 Å². The SMILES string of the molecule is COc1ccccc1C1C(=O)N(Cl)c2ccccc21. The fourth-order valence-corrected chi connectivity index (χ4v) is 2.73. The number of benzene rings is 2. The average molecular weight is 274 g/mol. The molecule has 3 nitrogen and oxygen atoms in total. The van der Waals surface area contributed by atoms with Crippen LogP contribution in [-0.4, -0.2) is 13.0 Å². The Hall–Kier alpha value is -2.00. The second-order valence-corrected chi connectivity index (χ2v) is 4.69. The molecule has 1 heterocycles. The van der Waals surface area contributed by atoms with Crippen LogP contribution in [0.5, 0.6) is 5.75 Å². The van der Waals surface area contributed by atoms with Gasteiger partial charge in [-0.3, -0.25) is 4.79 Å². The number of carbonyl (C=O) groups excluding carboxylic acids is 1. The van der Waals surface area contributed by atoms with Crippen molar-refractivity contribution >= 4 is 23.4 Å². The first-order chi connectivity index (χ1) is 9.24. The third kappa shape index (κ3) is 1.78. The maximum Gasteiger partial charge on any atom is 0.253 e. The summed E-state index contributed by atoms with van der Waals surface area (Å²) in [6, 6.07) is 15.1. The fraction of sp³-hybridized carbons (Fsp3) is 0.133. The second-order valence-electron chi connectivity index (χ2n) is 4.35. The van der Waals surface area contributed by atoms with E-state index >= 15 is 0 Å². The Morgan fingerprint density at radius 3 is 2.42 bits per heavy atom. The van der Waals surface area contributed by atoms with Crippen LogP contribution in [0.4, 0.5) is 5.69 Å². The Balaban J connectivity index is 2.18. The summed E-state index contributed by atoms with van der Waals surface area (Å²) in [6.07, 6.45) is 0. The monoisotopic (exact) mass is 273 g/mol. The number of halogens is 1. The molecule has 0 aromatic heterocycles. The molecular weight excluding hydrogens is 262 g/mol. The lowest BCUT2D eigenvalue weighted by atomic mass is 9.92. The number of hydrogen-bond acceptors (Lipinski definition) is 2. The molecule has 3 rings (SSSR count). The predicted octanol–water partition coefficient (Wildman–Crippen LogP) is 3.33. The molecule has 96 valence electrons. The van der Waals surface area contributed by atoms with E-state index in [2.05, 4.69) is 0 Å². The number of anilines is 1. The van der Waals surface area contributed by atoms with Gasteiger partial charge in [0.05, 0.1) is 18.7 Å². The van der Waals surface area contributed by atoms with Crippen LogP contribution in [0.25, 0.3) is 0 Å². The summed E-state index contributed by atoms with van der Waals surface area (Å²) in [6.45, 7) is 0. The van der Waals surface area contributed by atoms with Gasteiger partial charge in [0.15, 0.2) is 0 Å². The summed E-state index contributed by atoms with van der Waals surface area (Å²) in [5.41, 5.74) is 2.49. The van der Waals surface area contributed by atoms with Crippen molar-refractivity contribution in [2.24, 2.45) is 0 Å². The van der Waals surface area contributed by atoms with Crippen LogP contribution in [0.15, 0.2) is 48.5 Å². The Bertz CT molecular complexity index is 642. The summed E-state index contributed by atoms with van der Waals surface area (Å²) in [5, 5.41) is 0. The number of fused-ring (bicyclic) bond motifs is 1. The minimum absolute atomic E-state index is 0.146. The highest BCUT2D eigenvalue weighted by molar-refractivity contribution is 6.39. The van der Waals surface area contributed by atoms with Crippen LogP contribution in [0.2, 0.25) is 0 Å². The van der Waals surface area contributed by atoms with Gasteiger partial charge in [-0.25, -0.2) is 4.42 Å². The van der Waals surface area contributed by atoms with Gasteiger partial charge in [-0.05, 0) is 17.7 Å². The Kier molecular flexibility index (Phi) is 2.91. The van der Waals surface area contributed by atoms with Gasteiger partial charge in [0.25, 0.3) is 5.91 Å². The molecule has 0 spiro atoms. The van der Waals surface area contributed by atoms with E-state index < -0.39 is 5.92 Å². The lowest BCUT2D eigenvalue weighted by molar-refractivity contribution is -0.117. The standard InChI is InChI=1S/C15H12ClNO2/c1-19-13-9-5-3-7-11(13)14-10-6-2-4-8-12(10)17(16)15(14)18/h2-9,14H,1H3. The lowest BCUT2D eigenvalue weighted by Gasteiger charge is -2.13. The van der Waals surface area contributed by atoms with E-state index in [1.807, 2.05) is 48.5 Å². The number of methoxy groups -OCH3 is 1. The van der Waals surface area contributed by atoms with Gasteiger partial charge in [0.1, 0.15) is 5.75 Å². The van der Waals surface area contributed by atoms with Gasteiger partial charge in [-0.1, -0.05) is 36.4 Å². The fourth-order valence-electron chi connectivity index (χ4n) is 2.48. The van der Waals surface area contributed by atoms with E-state index in [4.69, 9.17) is 16.5 Å². The maximum absolute atomic E-state index is 12.4. The minimum Gasteiger partial charge on any atom is -0.496 e. The van der Waals surface area contributed by atoms with Crippen LogP contribution in [0.3, 0.4) is 0 Å². The molecule has 0 fully saturated rings. The zero-order valence-electron chi connectivity index (χ0n) is 10.3. The molecule has 0 bridgehead atoms. The summed E-state index contributed by atoms with van der Waals surface area (Å²) < 4.78 is 6.53. The van der Waals surface area contributed by atoms with Gasteiger partial charge in [0, 0.05) is 17.3 Å². The molecular formula is C15H12ClNO2. The molecule has 2 aromatic carbocycles. The smallest absolute Gasteiger partial charge is 0.253 e. The minimum atomic E-state index is -0.398. The van der Waals surface area contributed by atoms with Crippen molar-refractivity contribution in [3.8, 4) is 5.75 Å². The zero-order valence-corrected chi connectivity index (χ0v) is 11.1. The number of ether oxygens (including phenoxy) is 1. The number of rotatable bonds is 2. The Labute approximate surface area is 116 Å². The zero-order chi connectivity index (χ0) is 13.4. The Morgan fingerprint density at radius 1 is 1.05 bits per heavy atom. The summed E-state index contributed by atoms with van der Waals surface area (Å²) in [7, 11) is 1.60. The molecule has 4 heteroatoms. The van der Waals surface area contributed by atoms with E-state index in [-0.39, 0.29) is 5.91 Å². The highest BCUT2D eigenvalue weighted by Crippen LogP contribution is 2.44. The number of nitrogens with zero attached hydrogens (tertiary/aromatic N) is 1. The van der Waals surface area contributed by atoms with E-state index in [1.54, 1.807) is 7.11 Å². The van der Waals surface area contributed by atoms with Crippen molar-refractivity contribution in [3.63, 3.8) is 0 Å². The first-order valence-corrected chi connectivity index (χ1v) is 6.29. The van der Waals surface area contributed by atoms with Gasteiger partial charge >= 0.3 is 0 Å². The van der Waals surface area contributed by atoms with E-state index in [1.165, 1.54) is 4.42 Å². The van der Waals surface area contributed by atoms with E-state index in [0.29, 0.717) is 5.75 Å². The largest absolute Gasteiger partial charge is 0.496 e. The molecule has 1 aliphatic rings. The van der Waals surface area contributed by atoms with Crippen LogP contribution in [0, 0.1) is 0 Å². The molecule has 19 heavy (non-hydrogen) atoms. The molecule has 0 aliphatic carbocycles. The average Bonchev–Trinajstić information content (AvgIpc) is 2.71. The van der Waals surface area contributed by atoms with Crippen molar-refractivity contribution in [1.29, 1.82) is 0 Å². The third-order valence-corrected chi connectivity index (χ3v) is 3.70. The molecule has 1 amide bonds. The maximum atomic E-state index is 12.4. The highest BCUT2D eigenvalue weighted by Gasteiger charge is 2.38. The third-order valence-electron chi connectivity index (χ3n) is 3.35. The van der Waals surface area contributed by atoms with Gasteiger partial charge in [-0.15, -0.1) is 0 Å². The number of carbonyl (C=O) groups is 1. The van der Waals surface area contributed by atoms with Gasteiger partial charge in [-0.2, -0.15) is 0 Å². The summed E-state index contributed by atoms with van der Waals surface area (Å²) in [4.78, 5) is 12.4. The molecule has 0 radical (unpaired) electrons. The molecule has 1 unspecified atom stereocenters. The Morgan fingerprint density at radius 2 is 1.68 bits per heavy atom. The second kappa shape index (κ2) is 4.59. The van der Waals surface area contributed by atoms with Crippen molar-refractivity contribution in [2.75, 3.05) is 11.5 Å². The van der Waals surface area contributed by atoms with Crippen LogP contribution < -0.4 is 9.16 Å². The van der Waals surface area contributed by atoms with Crippen molar-refractivity contribution in [2.45, 2.75) is 5.92 Å². The first kappa shape index (κ1) is 12.1. The van der Waals surface area contributed by atoms with Crippen LogP contribution >= 0.6 is 11.8 Å². The molecule has 2 aromatic rings. The molecule has 0 N–H and O–H groups in total.